The molecule has 0 aromatic heterocycles. The molecule has 0 fully saturated rings. The van der Waals surface area contributed by atoms with E-state index in [9.17, 15) is 23.0 Å². The van der Waals surface area contributed by atoms with Crippen LogP contribution in [0.5, 0.6) is 0 Å². The second-order valence-corrected chi connectivity index (χ2v) is 11.5. The molecule has 1 atom stereocenters. The second-order valence-electron chi connectivity index (χ2n) is 9.01. The normalized spacial score (nSPS) is 14.3. The van der Waals surface area contributed by atoms with Crippen LogP contribution in [0.1, 0.15) is 54.7 Å². The molecule has 10 heteroatoms. The van der Waals surface area contributed by atoms with Crippen LogP contribution in [-0.2, 0) is 37.2 Å². The topological polar surface area (TPSA) is 119 Å². The van der Waals surface area contributed by atoms with Crippen molar-refractivity contribution in [2.75, 3.05) is 0 Å². The number of benzene rings is 2. The molecule has 0 saturated carbocycles. The third-order valence-corrected chi connectivity index (χ3v) is 8.12. The van der Waals surface area contributed by atoms with Crippen LogP contribution >= 0.6 is 0 Å². The number of fused-ring (bicyclic) bond motifs is 1. The van der Waals surface area contributed by atoms with Gasteiger partial charge in [-0.1, -0.05) is 32.0 Å². The highest BCUT2D eigenvalue weighted by Gasteiger charge is 2.32. The zero-order chi connectivity index (χ0) is 25.2. The maximum atomic E-state index is 13.0. The highest BCUT2D eigenvalue weighted by molar-refractivity contribution is 7.92. The molecule has 2 aromatic carbocycles. The Morgan fingerprint density at radius 1 is 1.12 bits per heavy atom. The van der Waals surface area contributed by atoms with E-state index in [4.69, 9.17) is 9.39 Å². The molecule has 34 heavy (non-hydrogen) atoms. The Morgan fingerprint density at radius 2 is 1.76 bits per heavy atom. The van der Waals surface area contributed by atoms with Gasteiger partial charge >= 0.3 is 13.1 Å². The van der Waals surface area contributed by atoms with E-state index < -0.39 is 40.1 Å². The summed E-state index contributed by atoms with van der Waals surface area (Å²) in [5.74, 6) is -1.28. The summed E-state index contributed by atoms with van der Waals surface area (Å²) in [7, 11) is -4.45. The first-order valence-corrected chi connectivity index (χ1v) is 12.7. The quantitative estimate of drug-likeness (QED) is 0.431. The first kappa shape index (κ1) is 25.9. The van der Waals surface area contributed by atoms with Gasteiger partial charge in [-0.2, -0.15) is 0 Å². The van der Waals surface area contributed by atoms with E-state index in [1.165, 1.54) is 12.1 Å². The van der Waals surface area contributed by atoms with Crippen molar-refractivity contribution in [3.8, 4) is 0 Å². The van der Waals surface area contributed by atoms with Crippen LogP contribution in [0.3, 0.4) is 0 Å². The van der Waals surface area contributed by atoms with Crippen LogP contribution in [0.25, 0.3) is 0 Å². The number of rotatable bonds is 8. The van der Waals surface area contributed by atoms with E-state index >= 15 is 0 Å². The molecule has 0 radical (unpaired) electrons. The first-order valence-electron chi connectivity index (χ1n) is 11.2. The highest BCUT2D eigenvalue weighted by Crippen LogP contribution is 2.19. The van der Waals surface area contributed by atoms with Gasteiger partial charge in [-0.15, -0.1) is 0 Å². The Balaban J connectivity index is 1.67. The lowest BCUT2D eigenvalue weighted by Crippen LogP contribution is -2.46. The maximum absolute atomic E-state index is 13.0. The third-order valence-electron chi connectivity index (χ3n) is 5.95. The Morgan fingerprint density at radius 3 is 2.35 bits per heavy atom. The van der Waals surface area contributed by atoms with Crippen molar-refractivity contribution in [2.45, 2.75) is 64.0 Å². The lowest BCUT2D eigenvalue weighted by molar-refractivity contribution is -0.148. The van der Waals surface area contributed by atoms with Gasteiger partial charge in [0, 0.05) is 5.56 Å². The summed E-state index contributed by atoms with van der Waals surface area (Å²) >= 11 is 0. The molecule has 0 aliphatic carbocycles. The SMILES string of the molecule is Cc1c(C(=O)NC(C(=O)OCc2ccc(S(=O)(=O)C(C)C)cc2)C(C)C)ccc2c1B(O)OC2. The number of hydrogen-bond acceptors (Lipinski definition) is 7. The van der Waals surface area contributed by atoms with Crippen molar-refractivity contribution in [1.29, 1.82) is 0 Å². The minimum absolute atomic E-state index is 0.0542. The van der Waals surface area contributed by atoms with Crippen molar-refractivity contribution in [3.63, 3.8) is 0 Å². The number of sulfone groups is 1. The number of nitrogens with one attached hydrogen (secondary N) is 1. The molecule has 0 bridgehead atoms. The van der Waals surface area contributed by atoms with Crippen LogP contribution in [-0.4, -0.2) is 43.7 Å². The van der Waals surface area contributed by atoms with Crippen molar-refractivity contribution in [1.82, 2.24) is 5.32 Å². The number of carbonyl (C=O) groups is 2. The number of hydrogen-bond donors (Lipinski definition) is 2. The predicted octanol–water partition coefficient (Wildman–Crippen LogP) is 1.89. The van der Waals surface area contributed by atoms with Crippen molar-refractivity contribution >= 4 is 34.3 Å². The maximum Gasteiger partial charge on any atom is 0.492 e. The molecule has 1 unspecified atom stereocenters. The van der Waals surface area contributed by atoms with Gasteiger partial charge < -0.3 is 19.7 Å². The van der Waals surface area contributed by atoms with Gasteiger partial charge in [0.25, 0.3) is 5.91 Å². The van der Waals surface area contributed by atoms with E-state index in [0.717, 1.165) is 5.56 Å². The molecule has 3 rings (SSSR count). The fourth-order valence-corrected chi connectivity index (χ4v) is 4.82. The molecule has 1 amide bonds. The smallest absolute Gasteiger partial charge is 0.459 e. The van der Waals surface area contributed by atoms with E-state index in [-0.39, 0.29) is 24.0 Å². The van der Waals surface area contributed by atoms with Crippen LogP contribution in [0.15, 0.2) is 41.3 Å². The van der Waals surface area contributed by atoms with E-state index in [1.807, 2.05) is 0 Å². The summed E-state index contributed by atoms with van der Waals surface area (Å²) in [4.78, 5) is 25.9. The Bertz CT molecular complexity index is 1180. The third kappa shape index (κ3) is 5.34. The molecule has 2 N–H and O–H groups in total. The second kappa shape index (κ2) is 10.3. The molecule has 0 saturated heterocycles. The van der Waals surface area contributed by atoms with Gasteiger partial charge in [-0.25, -0.2) is 13.2 Å². The predicted molar refractivity (Wildman–Crippen MR) is 128 cm³/mol. The zero-order valence-electron chi connectivity index (χ0n) is 20.0. The lowest BCUT2D eigenvalue weighted by atomic mass is 9.75. The highest BCUT2D eigenvalue weighted by atomic mass is 32.2. The summed E-state index contributed by atoms with van der Waals surface area (Å²) in [5.41, 5.74) is 3.00. The van der Waals surface area contributed by atoms with Gasteiger partial charge in [0.05, 0.1) is 16.8 Å². The average molecular weight is 487 g/mol. The molecular formula is C24H30BNO7S. The van der Waals surface area contributed by atoms with E-state index in [1.54, 1.807) is 58.9 Å². The summed E-state index contributed by atoms with van der Waals surface area (Å²) < 4.78 is 35.1. The molecule has 182 valence electrons. The number of esters is 1. The Hall–Kier alpha value is -2.69. The van der Waals surface area contributed by atoms with Gasteiger partial charge in [-0.05, 0) is 67.0 Å². The van der Waals surface area contributed by atoms with Crippen molar-refractivity contribution in [2.24, 2.45) is 5.92 Å². The Kier molecular flexibility index (Phi) is 7.85. The fraction of sp³-hybridized carbons (Fsp3) is 0.417. The van der Waals surface area contributed by atoms with Crippen LogP contribution < -0.4 is 10.8 Å². The summed E-state index contributed by atoms with van der Waals surface area (Å²) in [6, 6.07) is 8.70. The van der Waals surface area contributed by atoms with Crippen LogP contribution in [0, 0.1) is 12.8 Å². The minimum Gasteiger partial charge on any atom is -0.459 e. The van der Waals surface area contributed by atoms with Crippen molar-refractivity contribution in [3.05, 3.63) is 58.7 Å². The van der Waals surface area contributed by atoms with E-state index in [2.05, 4.69) is 5.32 Å². The summed E-state index contributed by atoms with van der Waals surface area (Å²) in [5, 5.41) is 12.2. The molecular weight excluding hydrogens is 457 g/mol. The van der Waals surface area contributed by atoms with Gasteiger partial charge in [-0.3, -0.25) is 4.79 Å². The summed E-state index contributed by atoms with van der Waals surface area (Å²) in [6.07, 6.45) is 0. The minimum atomic E-state index is -3.38. The molecule has 8 nitrogen and oxygen atoms in total. The zero-order valence-corrected chi connectivity index (χ0v) is 20.8. The van der Waals surface area contributed by atoms with Gasteiger partial charge in [0.2, 0.25) is 0 Å². The molecule has 1 heterocycles. The number of carbonyl (C=O) groups excluding carboxylic acids is 2. The van der Waals surface area contributed by atoms with Gasteiger partial charge in [0.1, 0.15) is 12.6 Å². The van der Waals surface area contributed by atoms with E-state index in [0.29, 0.717) is 22.2 Å². The molecule has 2 aromatic rings. The monoisotopic (exact) mass is 487 g/mol. The standard InChI is InChI=1S/C24H30BNO7S/c1-14(2)22(26-23(27)20-11-8-18-13-33-25(29)21(18)16(20)5)24(28)32-12-17-6-9-19(10-7-17)34(30,31)15(3)4/h6-11,14-15,22,29H,12-13H2,1-5H3,(H,26,27). The first-order chi connectivity index (χ1) is 15.9. The van der Waals surface area contributed by atoms with Gasteiger partial charge in [0.15, 0.2) is 9.84 Å². The molecule has 0 spiro atoms. The largest absolute Gasteiger partial charge is 0.492 e. The average Bonchev–Trinajstić information content (AvgIpc) is 3.17. The fourth-order valence-electron chi connectivity index (χ4n) is 3.76. The molecule has 1 aliphatic rings. The number of amides is 1. The molecule has 1 aliphatic heterocycles. The van der Waals surface area contributed by atoms with Crippen LogP contribution in [0.2, 0.25) is 0 Å². The van der Waals surface area contributed by atoms with Crippen molar-refractivity contribution < 1.29 is 32.4 Å². The Labute approximate surface area is 200 Å². The number of ether oxygens (including phenoxy) is 1. The summed E-state index contributed by atoms with van der Waals surface area (Å²) in [6.45, 7) is 8.79. The lowest BCUT2D eigenvalue weighted by Gasteiger charge is -2.22. The van der Waals surface area contributed by atoms with Crippen LogP contribution in [0.4, 0.5) is 0 Å².